The summed E-state index contributed by atoms with van der Waals surface area (Å²) in [6.45, 7) is 2.30. The molecule has 0 radical (unpaired) electrons. The number of carbonyl (C=O) groups excluding carboxylic acids is 1. The van der Waals surface area contributed by atoms with E-state index in [0.717, 1.165) is 6.42 Å². The Morgan fingerprint density at radius 3 is 2.52 bits per heavy atom. The first-order valence-electron chi connectivity index (χ1n) is 8.01. The quantitative estimate of drug-likeness (QED) is 0.862. The van der Waals surface area contributed by atoms with Crippen molar-refractivity contribution < 1.29 is 17.9 Å². The van der Waals surface area contributed by atoms with Gasteiger partial charge in [0, 0.05) is 12.3 Å². The molecule has 3 rings (SSSR count). The molecule has 1 heterocycles. The summed E-state index contributed by atoms with van der Waals surface area (Å²) >= 11 is 0. The number of amides is 2. The first-order valence-corrected chi connectivity index (χ1v) is 9.67. The number of anilines is 1. The van der Waals surface area contributed by atoms with Crippen molar-refractivity contribution in [3.8, 4) is 0 Å². The second-order valence-electron chi connectivity index (χ2n) is 6.09. The van der Waals surface area contributed by atoms with Crippen LogP contribution in [0.15, 0.2) is 29.2 Å². The molecule has 1 saturated heterocycles. The van der Waals surface area contributed by atoms with Gasteiger partial charge in [-0.3, -0.25) is 0 Å². The molecular weight excluding hydrogens is 316 g/mol. The summed E-state index contributed by atoms with van der Waals surface area (Å²) in [5.41, 5.74) is 0.569. The maximum absolute atomic E-state index is 12.1. The van der Waals surface area contributed by atoms with E-state index in [4.69, 9.17) is 4.74 Å². The largest absolute Gasteiger partial charge is 0.376 e. The van der Waals surface area contributed by atoms with E-state index >= 15 is 0 Å². The molecule has 1 aromatic rings. The van der Waals surface area contributed by atoms with Gasteiger partial charge in [-0.05, 0) is 49.4 Å². The Kier molecular flexibility index (Phi) is 4.59. The number of hydrogen-bond acceptors (Lipinski definition) is 4. The van der Waals surface area contributed by atoms with Crippen LogP contribution in [-0.4, -0.2) is 39.0 Å². The number of urea groups is 1. The molecule has 6 nitrogen and oxygen atoms in total. The number of hydrogen-bond donors (Lipinski definition) is 2. The van der Waals surface area contributed by atoms with Crippen molar-refractivity contribution in [2.45, 2.75) is 43.2 Å². The van der Waals surface area contributed by atoms with Gasteiger partial charge in [0.25, 0.3) is 0 Å². The van der Waals surface area contributed by atoms with Crippen molar-refractivity contribution in [2.24, 2.45) is 5.92 Å². The van der Waals surface area contributed by atoms with E-state index in [1.165, 1.54) is 25.0 Å². The number of benzene rings is 1. The predicted molar refractivity (Wildman–Crippen MR) is 87.2 cm³/mol. The van der Waals surface area contributed by atoms with Gasteiger partial charge in [0.2, 0.25) is 0 Å². The van der Waals surface area contributed by atoms with Crippen molar-refractivity contribution >= 4 is 21.6 Å². The topological polar surface area (TPSA) is 84.5 Å². The molecule has 7 heteroatoms. The number of ether oxygens (including phenoxy) is 1. The van der Waals surface area contributed by atoms with Gasteiger partial charge in [0.1, 0.15) is 0 Å². The Morgan fingerprint density at radius 1 is 1.22 bits per heavy atom. The van der Waals surface area contributed by atoms with Gasteiger partial charge >= 0.3 is 6.03 Å². The molecule has 23 heavy (non-hydrogen) atoms. The summed E-state index contributed by atoms with van der Waals surface area (Å²) in [5.74, 6) is 0.645. The van der Waals surface area contributed by atoms with Crippen LogP contribution >= 0.6 is 0 Å². The lowest BCUT2D eigenvalue weighted by Crippen LogP contribution is -2.43. The van der Waals surface area contributed by atoms with Gasteiger partial charge in [-0.2, -0.15) is 0 Å². The van der Waals surface area contributed by atoms with Gasteiger partial charge < -0.3 is 15.4 Å². The fourth-order valence-electron chi connectivity index (χ4n) is 2.90. The lowest BCUT2D eigenvalue weighted by Gasteiger charge is -2.19. The molecule has 2 atom stereocenters. The van der Waals surface area contributed by atoms with E-state index in [-0.39, 0.29) is 28.8 Å². The van der Waals surface area contributed by atoms with Crippen LogP contribution in [0, 0.1) is 5.92 Å². The molecule has 2 unspecified atom stereocenters. The van der Waals surface area contributed by atoms with Crippen LogP contribution < -0.4 is 10.6 Å². The van der Waals surface area contributed by atoms with Crippen LogP contribution in [0.2, 0.25) is 0 Å². The SMILES string of the molecule is CCS(=O)(=O)c1ccc(NC(=O)NC2CCOC2C2CC2)cc1. The summed E-state index contributed by atoms with van der Waals surface area (Å²) in [6, 6.07) is 6.01. The van der Waals surface area contributed by atoms with E-state index in [1.54, 1.807) is 19.1 Å². The van der Waals surface area contributed by atoms with Crippen LogP contribution in [0.5, 0.6) is 0 Å². The molecule has 1 aromatic carbocycles. The van der Waals surface area contributed by atoms with Crippen LogP contribution in [-0.2, 0) is 14.6 Å². The number of nitrogens with one attached hydrogen (secondary N) is 2. The summed E-state index contributed by atoms with van der Waals surface area (Å²) in [7, 11) is -3.22. The molecule has 1 saturated carbocycles. The van der Waals surface area contributed by atoms with Gasteiger partial charge in [0.05, 0.1) is 22.8 Å². The Bertz CT molecular complexity index is 668. The Balaban J connectivity index is 1.57. The van der Waals surface area contributed by atoms with E-state index in [1.807, 2.05) is 0 Å². The molecule has 1 aliphatic heterocycles. The molecule has 0 bridgehead atoms. The Labute approximate surface area is 136 Å². The lowest BCUT2D eigenvalue weighted by molar-refractivity contribution is 0.0829. The number of carbonyl (C=O) groups is 1. The average Bonchev–Trinajstić information content (AvgIpc) is 3.28. The van der Waals surface area contributed by atoms with Crippen molar-refractivity contribution in [3.05, 3.63) is 24.3 Å². The standard InChI is InChI=1S/C16H22N2O4S/c1-2-23(20,21)13-7-5-12(6-8-13)17-16(19)18-14-9-10-22-15(14)11-3-4-11/h5-8,11,14-15H,2-4,9-10H2,1H3,(H2,17,18,19). The second kappa shape index (κ2) is 6.49. The third kappa shape index (κ3) is 3.84. The molecule has 2 aliphatic rings. The number of rotatable bonds is 5. The van der Waals surface area contributed by atoms with Crippen LogP contribution in [0.1, 0.15) is 26.2 Å². The zero-order valence-electron chi connectivity index (χ0n) is 13.1. The monoisotopic (exact) mass is 338 g/mol. The lowest BCUT2D eigenvalue weighted by atomic mass is 10.1. The minimum atomic E-state index is -3.22. The van der Waals surface area contributed by atoms with Gasteiger partial charge in [-0.25, -0.2) is 13.2 Å². The van der Waals surface area contributed by atoms with Gasteiger partial charge in [-0.15, -0.1) is 0 Å². The third-order valence-corrected chi connectivity index (χ3v) is 6.14. The second-order valence-corrected chi connectivity index (χ2v) is 8.37. The normalized spacial score (nSPS) is 24.4. The van der Waals surface area contributed by atoms with Crippen LogP contribution in [0.4, 0.5) is 10.5 Å². The minimum Gasteiger partial charge on any atom is -0.376 e. The average molecular weight is 338 g/mol. The number of sulfone groups is 1. The fraction of sp³-hybridized carbons (Fsp3) is 0.562. The summed E-state index contributed by atoms with van der Waals surface area (Å²) in [6.07, 6.45) is 3.33. The summed E-state index contributed by atoms with van der Waals surface area (Å²) in [5, 5.41) is 5.71. The van der Waals surface area contributed by atoms with Crippen molar-refractivity contribution in [2.75, 3.05) is 17.7 Å². The molecule has 1 aliphatic carbocycles. The zero-order valence-corrected chi connectivity index (χ0v) is 13.9. The zero-order chi connectivity index (χ0) is 16.4. The molecule has 126 valence electrons. The van der Waals surface area contributed by atoms with E-state index in [9.17, 15) is 13.2 Å². The van der Waals surface area contributed by atoms with Crippen molar-refractivity contribution in [1.29, 1.82) is 0 Å². The van der Waals surface area contributed by atoms with E-state index in [0.29, 0.717) is 18.2 Å². The Morgan fingerprint density at radius 2 is 1.91 bits per heavy atom. The highest BCUT2D eigenvalue weighted by atomic mass is 32.2. The van der Waals surface area contributed by atoms with Crippen LogP contribution in [0.25, 0.3) is 0 Å². The first kappa shape index (κ1) is 16.3. The molecule has 2 fully saturated rings. The predicted octanol–water partition coefficient (Wildman–Crippen LogP) is 2.17. The fourth-order valence-corrected chi connectivity index (χ4v) is 3.79. The van der Waals surface area contributed by atoms with Gasteiger partial charge in [0.15, 0.2) is 9.84 Å². The van der Waals surface area contributed by atoms with Crippen molar-refractivity contribution in [3.63, 3.8) is 0 Å². The molecule has 0 aromatic heterocycles. The highest BCUT2D eigenvalue weighted by Gasteiger charge is 2.41. The van der Waals surface area contributed by atoms with Gasteiger partial charge in [-0.1, -0.05) is 6.92 Å². The first-order chi connectivity index (χ1) is 11.0. The third-order valence-electron chi connectivity index (χ3n) is 4.39. The van der Waals surface area contributed by atoms with Crippen LogP contribution in [0.3, 0.4) is 0 Å². The van der Waals surface area contributed by atoms with Crippen molar-refractivity contribution in [1.82, 2.24) is 5.32 Å². The maximum atomic E-state index is 12.1. The Hall–Kier alpha value is -1.60. The molecule has 2 N–H and O–H groups in total. The highest BCUT2D eigenvalue weighted by Crippen LogP contribution is 2.38. The van der Waals surface area contributed by atoms with E-state index in [2.05, 4.69) is 10.6 Å². The smallest absolute Gasteiger partial charge is 0.319 e. The van der Waals surface area contributed by atoms with E-state index < -0.39 is 9.84 Å². The summed E-state index contributed by atoms with van der Waals surface area (Å²) in [4.78, 5) is 12.4. The molecule has 0 spiro atoms. The maximum Gasteiger partial charge on any atom is 0.319 e. The molecular formula is C16H22N2O4S. The minimum absolute atomic E-state index is 0.0576. The highest BCUT2D eigenvalue weighted by molar-refractivity contribution is 7.91. The molecule has 2 amide bonds. The summed E-state index contributed by atoms with van der Waals surface area (Å²) < 4.78 is 29.2.